The SMILES string of the molecule is OC(CNCC1(O)CCCC1)CN1CCCC1. The summed E-state index contributed by atoms with van der Waals surface area (Å²) in [6.07, 6.45) is 6.30. The fourth-order valence-electron chi connectivity index (χ4n) is 3.01. The molecule has 4 heteroatoms. The highest BCUT2D eigenvalue weighted by Gasteiger charge is 2.30. The van der Waals surface area contributed by atoms with Crippen LogP contribution >= 0.6 is 0 Å². The second-order valence-electron chi connectivity index (χ2n) is 5.72. The molecule has 17 heavy (non-hydrogen) atoms. The topological polar surface area (TPSA) is 55.7 Å². The predicted octanol–water partition coefficient (Wildman–Crippen LogP) is 0.338. The van der Waals surface area contributed by atoms with E-state index in [1.54, 1.807) is 0 Å². The molecule has 0 amide bonds. The van der Waals surface area contributed by atoms with Gasteiger partial charge in [0.15, 0.2) is 0 Å². The zero-order valence-electron chi connectivity index (χ0n) is 10.7. The summed E-state index contributed by atoms with van der Waals surface area (Å²) >= 11 is 0. The van der Waals surface area contributed by atoms with Gasteiger partial charge in [-0.1, -0.05) is 12.8 Å². The molecule has 0 aromatic rings. The number of nitrogens with zero attached hydrogens (tertiary/aromatic N) is 1. The zero-order valence-corrected chi connectivity index (χ0v) is 10.7. The molecule has 0 radical (unpaired) electrons. The third-order valence-electron chi connectivity index (χ3n) is 4.04. The Hall–Kier alpha value is -0.160. The van der Waals surface area contributed by atoms with Crippen LogP contribution in [0.3, 0.4) is 0 Å². The quantitative estimate of drug-likeness (QED) is 0.628. The Morgan fingerprint density at radius 1 is 1.12 bits per heavy atom. The van der Waals surface area contributed by atoms with Crippen LogP contribution in [0.25, 0.3) is 0 Å². The van der Waals surface area contributed by atoms with Gasteiger partial charge in [-0.05, 0) is 38.8 Å². The smallest absolute Gasteiger partial charge is 0.0791 e. The van der Waals surface area contributed by atoms with Gasteiger partial charge in [-0.2, -0.15) is 0 Å². The van der Waals surface area contributed by atoms with Crippen LogP contribution in [0.4, 0.5) is 0 Å². The molecule has 0 bridgehead atoms. The van der Waals surface area contributed by atoms with Crippen LogP contribution in [-0.4, -0.2) is 59.5 Å². The van der Waals surface area contributed by atoms with E-state index in [-0.39, 0.29) is 6.10 Å². The van der Waals surface area contributed by atoms with Crippen molar-refractivity contribution in [2.75, 3.05) is 32.7 Å². The minimum Gasteiger partial charge on any atom is -0.390 e. The van der Waals surface area contributed by atoms with Crippen LogP contribution in [-0.2, 0) is 0 Å². The highest BCUT2D eigenvalue weighted by molar-refractivity contribution is 4.86. The summed E-state index contributed by atoms with van der Waals surface area (Å²) in [6.45, 7) is 4.25. The van der Waals surface area contributed by atoms with Crippen molar-refractivity contribution in [1.82, 2.24) is 10.2 Å². The first-order valence-corrected chi connectivity index (χ1v) is 7.01. The van der Waals surface area contributed by atoms with Crippen molar-refractivity contribution in [2.24, 2.45) is 0 Å². The highest BCUT2D eigenvalue weighted by Crippen LogP contribution is 2.28. The number of hydrogen-bond acceptors (Lipinski definition) is 4. The van der Waals surface area contributed by atoms with Crippen LogP contribution in [0.1, 0.15) is 38.5 Å². The molecule has 1 atom stereocenters. The molecule has 0 aromatic carbocycles. The van der Waals surface area contributed by atoms with Gasteiger partial charge in [0.2, 0.25) is 0 Å². The van der Waals surface area contributed by atoms with Crippen molar-refractivity contribution < 1.29 is 10.2 Å². The van der Waals surface area contributed by atoms with Gasteiger partial charge in [0.25, 0.3) is 0 Å². The Bertz CT molecular complexity index is 223. The molecule has 3 N–H and O–H groups in total. The molecule has 0 aromatic heterocycles. The first-order chi connectivity index (χ1) is 8.18. The van der Waals surface area contributed by atoms with Crippen LogP contribution < -0.4 is 5.32 Å². The van der Waals surface area contributed by atoms with Crippen molar-refractivity contribution in [1.29, 1.82) is 0 Å². The number of likely N-dealkylation sites (tertiary alicyclic amines) is 1. The van der Waals surface area contributed by atoms with Crippen molar-refractivity contribution in [3.8, 4) is 0 Å². The first-order valence-electron chi connectivity index (χ1n) is 7.01. The standard InChI is InChI=1S/C13H26N2O2/c16-12(10-15-7-3-4-8-15)9-14-11-13(17)5-1-2-6-13/h12,14,16-17H,1-11H2. The monoisotopic (exact) mass is 242 g/mol. The number of aliphatic hydroxyl groups excluding tert-OH is 1. The zero-order chi connectivity index (χ0) is 12.1. The molecular weight excluding hydrogens is 216 g/mol. The third kappa shape index (κ3) is 4.21. The van der Waals surface area contributed by atoms with E-state index in [1.807, 2.05) is 0 Å². The molecule has 1 aliphatic heterocycles. The summed E-state index contributed by atoms with van der Waals surface area (Å²) in [7, 11) is 0. The predicted molar refractivity (Wildman–Crippen MR) is 68.0 cm³/mol. The van der Waals surface area contributed by atoms with Crippen LogP contribution in [0, 0.1) is 0 Å². The fraction of sp³-hybridized carbons (Fsp3) is 1.00. The summed E-state index contributed by atoms with van der Waals surface area (Å²) in [5.41, 5.74) is -0.507. The minimum absolute atomic E-state index is 0.307. The summed E-state index contributed by atoms with van der Waals surface area (Å²) < 4.78 is 0. The Morgan fingerprint density at radius 3 is 2.41 bits per heavy atom. The van der Waals surface area contributed by atoms with E-state index in [4.69, 9.17) is 0 Å². The molecule has 0 spiro atoms. The molecule has 1 saturated carbocycles. The molecule has 2 fully saturated rings. The second kappa shape index (κ2) is 6.14. The number of nitrogens with one attached hydrogen (secondary N) is 1. The largest absolute Gasteiger partial charge is 0.390 e. The lowest BCUT2D eigenvalue weighted by Gasteiger charge is -2.24. The average molecular weight is 242 g/mol. The van der Waals surface area contributed by atoms with Gasteiger partial charge in [0, 0.05) is 19.6 Å². The molecular formula is C13H26N2O2. The van der Waals surface area contributed by atoms with Gasteiger partial charge in [-0.25, -0.2) is 0 Å². The number of hydrogen-bond donors (Lipinski definition) is 3. The Labute approximate surface area is 104 Å². The van der Waals surface area contributed by atoms with E-state index in [9.17, 15) is 10.2 Å². The lowest BCUT2D eigenvalue weighted by Crippen LogP contribution is -2.43. The van der Waals surface area contributed by atoms with Crippen molar-refractivity contribution in [2.45, 2.75) is 50.2 Å². The van der Waals surface area contributed by atoms with E-state index in [2.05, 4.69) is 10.2 Å². The molecule has 100 valence electrons. The number of rotatable bonds is 6. The molecule has 4 nitrogen and oxygen atoms in total. The van der Waals surface area contributed by atoms with E-state index < -0.39 is 5.60 Å². The molecule has 1 saturated heterocycles. The normalized spacial score (nSPS) is 26.5. The van der Waals surface area contributed by atoms with Gasteiger partial charge < -0.3 is 20.4 Å². The molecule has 1 aliphatic carbocycles. The van der Waals surface area contributed by atoms with Gasteiger partial charge in [-0.3, -0.25) is 0 Å². The maximum atomic E-state index is 10.1. The summed E-state index contributed by atoms with van der Waals surface area (Å²) in [4.78, 5) is 2.32. The highest BCUT2D eigenvalue weighted by atomic mass is 16.3. The van der Waals surface area contributed by atoms with Gasteiger partial charge in [0.1, 0.15) is 0 Å². The Kier molecular flexibility index (Phi) is 4.79. The molecule has 1 unspecified atom stereocenters. The Morgan fingerprint density at radius 2 is 1.76 bits per heavy atom. The minimum atomic E-state index is -0.507. The van der Waals surface area contributed by atoms with Crippen LogP contribution in [0.2, 0.25) is 0 Å². The summed E-state index contributed by atoms with van der Waals surface area (Å²) in [6, 6.07) is 0. The molecule has 1 heterocycles. The van der Waals surface area contributed by atoms with Gasteiger partial charge in [-0.15, -0.1) is 0 Å². The van der Waals surface area contributed by atoms with Crippen molar-refractivity contribution in [3.63, 3.8) is 0 Å². The van der Waals surface area contributed by atoms with Gasteiger partial charge >= 0.3 is 0 Å². The summed E-state index contributed by atoms with van der Waals surface area (Å²) in [5, 5.41) is 23.2. The fourth-order valence-corrected chi connectivity index (χ4v) is 3.01. The van der Waals surface area contributed by atoms with Crippen LogP contribution in [0.5, 0.6) is 0 Å². The summed E-state index contributed by atoms with van der Waals surface area (Å²) in [5.74, 6) is 0. The van der Waals surface area contributed by atoms with Gasteiger partial charge in [0.05, 0.1) is 11.7 Å². The van der Waals surface area contributed by atoms with E-state index in [0.717, 1.165) is 45.3 Å². The maximum absolute atomic E-state index is 10.1. The number of aliphatic hydroxyl groups is 2. The van der Waals surface area contributed by atoms with Crippen molar-refractivity contribution in [3.05, 3.63) is 0 Å². The lowest BCUT2D eigenvalue weighted by molar-refractivity contribution is 0.0421. The second-order valence-corrected chi connectivity index (χ2v) is 5.72. The molecule has 2 rings (SSSR count). The van der Waals surface area contributed by atoms with E-state index in [1.165, 1.54) is 12.8 Å². The maximum Gasteiger partial charge on any atom is 0.0791 e. The van der Waals surface area contributed by atoms with Crippen LogP contribution in [0.15, 0.2) is 0 Å². The first kappa shape index (κ1) is 13.3. The Balaban J connectivity index is 1.57. The third-order valence-corrected chi connectivity index (χ3v) is 4.04. The lowest BCUT2D eigenvalue weighted by atomic mass is 10.0. The van der Waals surface area contributed by atoms with E-state index in [0.29, 0.717) is 13.1 Å². The van der Waals surface area contributed by atoms with E-state index >= 15 is 0 Å². The molecule has 2 aliphatic rings. The number of β-amino-alcohol motifs (C(OH)–C–C–N with tert-alkyl or cyclic N) is 1. The van der Waals surface area contributed by atoms with Crippen molar-refractivity contribution >= 4 is 0 Å². The average Bonchev–Trinajstić information content (AvgIpc) is 2.90.